The van der Waals surface area contributed by atoms with Crippen LogP contribution in [0.3, 0.4) is 0 Å². The average molecular weight is 372 g/mol. The largest absolute Gasteiger partial charge is 0.494 e. The monoisotopic (exact) mass is 372 g/mol. The molecule has 0 fully saturated rings. The number of rotatable bonds is 9. The standard InChI is InChI=1S/C20H24N2O5/c1-2-27-18-5-3-4-16(12-18)14-22(10-11-23)20(26)21-13-15-6-8-17(9-7-15)19(24)25/h3-9,12,23H,2,10-11,13-14H2,1H3,(H,21,26)(H,24,25). The van der Waals surface area contributed by atoms with E-state index in [0.717, 1.165) is 16.9 Å². The van der Waals surface area contributed by atoms with Gasteiger partial charge in [0.05, 0.1) is 18.8 Å². The minimum atomic E-state index is -0.992. The van der Waals surface area contributed by atoms with E-state index in [2.05, 4.69) is 5.32 Å². The van der Waals surface area contributed by atoms with E-state index in [1.54, 1.807) is 12.1 Å². The van der Waals surface area contributed by atoms with Crippen LogP contribution in [0.15, 0.2) is 48.5 Å². The summed E-state index contributed by atoms with van der Waals surface area (Å²) in [4.78, 5) is 24.9. The molecule has 0 aliphatic rings. The van der Waals surface area contributed by atoms with Crippen LogP contribution in [0.5, 0.6) is 5.75 Å². The number of carboxylic acid groups (broad SMARTS) is 1. The summed E-state index contributed by atoms with van der Waals surface area (Å²) in [6.07, 6.45) is 0. The first-order valence-corrected chi connectivity index (χ1v) is 8.71. The van der Waals surface area contributed by atoms with Crippen molar-refractivity contribution in [1.29, 1.82) is 0 Å². The Balaban J connectivity index is 1.97. The molecule has 0 saturated heterocycles. The lowest BCUT2D eigenvalue weighted by molar-refractivity contribution is 0.0697. The fraction of sp³-hybridized carbons (Fsp3) is 0.300. The molecule has 0 bridgehead atoms. The maximum Gasteiger partial charge on any atom is 0.335 e. The van der Waals surface area contributed by atoms with Gasteiger partial charge < -0.3 is 25.2 Å². The van der Waals surface area contributed by atoms with Crippen molar-refractivity contribution in [3.05, 3.63) is 65.2 Å². The van der Waals surface area contributed by atoms with Crippen molar-refractivity contribution in [2.45, 2.75) is 20.0 Å². The zero-order valence-corrected chi connectivity index (χ0v) is 15.2. The van der Waals surface area contributed by atoms with Gasteiger partial charge in [0.15, 0.2) is 0 Å². The summed E-state index contributed by atoms with van der Waals surface area (Å²) in [6.45, 7) is 3.12. The van der Waals surface area contributed by atoms with Crippen molar-refractivity contribution in [1.82, 2.24) is 10.2 Å². The Morgan fingerprint density at radius 2 is 1.85 bits per heavy atom. The average Bonchev–Trinajstić information content (AvgIpc) is 2.66. The first kappa shape index (κ1) is 20.3. The van der Waals surface area contributed by atoms with E-state index in [0.29, 0.717) is 13.2 Å². The number of aliphatic hydroxyl groups is 1. The maximum atomic E-state index is 12.5. The molecule has 27 heavy (non-hydrogen) atoms. The minimum Gasteiger partial charge on any atom is -0.494 e. The van der Waals surface area contributed by atoms with Crippen molar-refractivity contribution in [2.24, 2.45) is 0 Å². The van der Waals surface area contributed by atoms with Gasteiger partial charge in [-0.05, 0) is 42.3 Å². The molecule has 0 unspecified atom stereocenters. The van der Waals surface area contributed by atoms with Gasteiger partial charge in [-0.25, -0.2) is 9.59 Å². The number of benzene rings is 2. The molecule has 3 N–H and O–H groups in total. The van der Waals surface area contributed by atoms with Crippen LogP contribution in [0.4, 0.5) is 4.79 Å². The molecule has 7 heteroatoms. The molecule has 7 nitrogen and oxygen atoms in total. The van der Waals surface area contributed by atoms with Crippen LogP contribution in [0.25, 0.3) is 0 Å². The van der Waals surface area contributed by atoms with Crippen molar-refractivity contribution < 1.29 is 24.5 Å². The Bertz CT molecular complexity index is 761. The summed E-state index contributed by atoms with van der Waals surface area (Å²) in [5.74, 6) is -0.258. The van der Waals surface area contributed by atoms with Crippen LogP contribution in [-0.2, 0) is 13.1 Å². The normalized spacial score (nSPS) is 10.3. The second-order valence-electron chi connectivity index (χ2n) is 5.89. The number of amides is 2. The molecular weight excluding hydrogens is 348 g/mol. The molecule has 2 rings (SSSR count). The van der Waals surface area contributed by atoms with Gasteiger partial charge >= 0.3 is 12.0 Å². The molecule has 2 aromatic rings. The summed E-state index contributed by atoms with van der Waals surface area (Å²) >= 11 is 0. The number of carboxylic acids is 1. The van der Waals surface area contributed by atoms with E-state index in [-0.39, 0.29) is 31.3 Å². The summed E-state index contributed by atoms with van der Waals surface area (Å²) in [5.41, 5.74) is 1.88. The van der Waals surface area contributed by atoms with Gasteiger partial charge in [-0.3, -0.25) is 0 Å². The number of ether oxygens (including phenoxy) is 1. The Morgan fingerprint density at radius 3 is 2.48 bits per heavy atom. The Labute approximate surface area is 158 Å². The third-order valence-corrected chi connectivity index (χ3v) is 3.88. The fourth-order valence-corrected chi connectivity index (χ4v) is 2.55. The number of carbonyl (C=O) groups is 2. The molecule has 0 aliphatic heterocycles. The van der Waals surface area contributed by atoms with Gasteiger partial charge in [0.2, 0.25) is 0 Å². The van der Waals surface area contributed by atoms with E-state index in [9.17, 15) is 14.7 Å². The highest BCUT2D eigenvalue weighted by Gasteiger charge is 2.14. The van der Waals surface area contributed by atoms with Crippen molar-refractivity contribution in [3.8, 4) is 5.75 Å². The number of hydrogen-bond acceptors (Lipinski definition) is 4. The fourth-order valence-electron chi connectivity index (χ4n) is 2.55. The van der Waals surface area contributed by atoms with E-state index in [1.165, 1.54) is 17.0 Å². The Morgan fingerprint density at radius 1 is 1.11 bits per heavy atom. The summed E-state index contributed by atoms with van der Waals surface area (Å²) in [7, 11) is 0. The zero-order chi connectivity index (χ0) is 19.6. The lowest BCUT2D eigenvalue weighted by atomic mass is 10.1. The SMILES string of the molecule is CCOc1cccc(CN(CCO)C(=O)NCc2ccc(C(=O)O)cc2)c1. The maximum absolute atomic E-state index is 12.5. The molecule has 0 atom stereocenters. The van der Waals surface area contributed by atoms with E-state index < -0.39 is 5.97 Å². The second-order valence-corrected chi connectivity index (χ2v) is 5.89. The third kappa shape index (κ3) is 6.31. The van der Waals surface area contributed by atoms with Crippen LogP contribution in [-0.4, -0.2) is 46.9 Å². The number of nitrogens with zero attached hydrogens (tertiary/aromatic N) is 1. The number of nitrogens with one attached hydrogen (secondary N) is 1. The highest BCUT2D eigenvalue weighted by molar-refractivity contribution is 5.87. The van der Waals surface area contributed by atoms with Gasteiger partial charge in [0.25, 0.3) is 0 Å². The molecule has 144 valence electrons. The van der Waals surface area contributed by atoms with Gasteiger partial charge in [-0.1, -0.05) is 24.3 Å². The summed E-state index contributed by atoms with van der Waals surface area (Å²) < 4.78 is 5.47. The highest BCUT2D eigenvalue weighted by atomic mass is 16.5. The molecule has 2 amide bonds. The van der Waals surface area contributed by atoms with E-state index in [4.69, 9.17) is 9.84 Å². The van der Waals surface area contributed by atoms with E-state index >= 15 is 0 Å². The lowest BCUT2D eigenvalue weighted by Crippen LogP contribution is -2.40. The zero-order valence-electron chi connectivity index (χ0n) is 15.2. The molecule has 2 aromatic carbocycles. The first-order valence-electron chi connectivity index (χ1n) is 8.71. The number of hydrogen-bond donors (Lipinski definition) is 3. The van der Waals surface area contributed by atoms with Crippen LogP contribution in [0, 0.1) is 0 Å². The van der Waals surface area contributed by atoms with Crippen molar-refractivity contribution in [3.63, 3.8) is 0 Å². The number of carbonyl (C=O) groups excluding carboxylic acids is 1. The van der Waals surface area contributed by atoms with Crippen molar-refractivity contribution in [2.75, 3.05) is 19.8 Å². The minimum absolute atomic E-state index is 0.147. The Hall–Kier alpha value is -3.06. The van der Waals surface area contributed by atoms with Crippen molar-refractivity contribution >= 4 is 12.0 Å². The van der Waals surface area contributed by atoms with Gasteiger partial charge in [0, 0.05) is 19.6 Å². The number of aliphatic hydroxyl groups excluding tert-OH is 1. The smallest absolute Gasteiger partial charge is 0.335 e. The number of urea groups is 1. The van der Waals surface area contributed by atoms with Crippen LogP contribution in [0.2, 0.25) is 0 Å². The van der Waals surface area contributed by atoms with Crippen LogP contribution < -0.4 is 10.1 Å². The second kappa shape index (κ2) is 10.2. The topological polar surface area (TPSA) is 99.1 Å². The summed E-state index contributed by atoms with van der Waals surface area (Å²) in [5, 5.41) is 21.0. The molecule has 0 saturated carbocycles. The first-order chi connectivity index (χ1) is 13.0. The molecule has 0 aromatic heterocycles. The van der Waals surface area contributed by atoms with E-state index in [1.807, 2.05) is 31.2 Å². The third-order valence-electron chi connectivity index (χ3n) is 3.88. The molecular formula is C20H24N2O5. The van der Waals surface area contributed by atoms with Gasteiger partial charge in [-0.15, -0.1) is 0 Å². The predicted octanol–water partition coefficient (Wildman–Crippen LogP) is 2.49. The van der Waals surface area contributed by atoms with Crippen LogP contribution in [0.1, 0.15) is 28.4 Å². The molecule has 0 spiro atoms. The Kier molecular flexibility index (Phi) is 7.63. The predicted molar refractivity (Wildman–Crippen MR) is 101 cm³/mol. The highest BCUT2D eigenvalue weighted by Crippen LogP contribution is 2.15. The lowest BCUT2D eigenvalue weighted by Gasteiger charge is -2.22. The molecule has 0 radical (unpaired) electrons. The molecule has 0 heterocycles. The quantitative estimate of drug-likeness (QED) is 0.628. The summed E-state index contributed by atoms with van der Waals surface area (Å²) in [6, 6.07) is 13.5. The van der Waals surface area contributed by atoms with Crippen LogP contribution >= 0.6 is 0 Å². The molecule has 0 aliphatic carbocycles. The number of aromatic carboxylic acids is 1. The van der Waals surface area contributed by atoms with Gasteiger partial charge in [0.1, 0.15) is 5.75 Å². The van der Waals surface area contributed by atoms with Gasteiger partial charge in [-0.2, -0.15) is 0 Å².